The van der Waals surface area contributed by atoms with Crippen molar-refractivity contribution in [1.82, 2.24) is 19.6 Å². The average molecular weight is 483 g/mol. The van der Waals surface area contributed by atoms with Crippen molar-refractivity contribution >= 4 is 27.0 Å². The van der Waals surface area contributed by atoms with Gasteiger partial charge in [-0.15, -0.1) is 0 Å². The quantitative estimate of drug-likeness (QED) is 0.401. The van der Waals surface area contributed by atoms with Crippen molar-refractivity contribution in [2.24, 2.45) is 0 Å². The van der Waals surface area contributed by atoms with Crippen LogP contribution in [0.5, 0.6) is 5.75 Å². The molecular weight excluding hydrogens is 459 g/mol. The third kappa shape index (κ3) is 4.78. The number of carbonyl (C=O) groups is 1. The van der Waals surface area contributed by atoms with Gasteiger partial charge in [-0.2, -0.15) is 0 Å². The summed E-state index contributed by atoms with van der Waals surface area (Å²) in [7, 11) is -1.23. The van der Waals surface area contributed by atoms with Gasteiger partial charge >= 0.3 is 0 Å². The molecule has 0 aliphatic carbocycles. The highest BCUT2D eigenvalue weighted by Gasteiger charge is 2.22. The summed E-state index contributed by atoms with van der Waals surface area (Å²) in [6.45, 7) is 0.329. The highest BCUT2D eigenvalue weighted by Crippen LogP contribution is 2.26. The minimum atomic E-state index is -3.86. The summed E-state index contributed by atoms with van der Waals surface area (Å²) in [6, 6.07) is 17.1. The van der Waals surface area contributed by atoms with Crippen LogP contribution in [0.4, 0.5) is 4.39 Å². The van der Waals surface area contributed by atoms with E-state index in [1.54, 1.807) is 18.5 Å². The Kier molecular flexibility index (Phi) is 6.62. The van der Waals surface area contributed by atoms with Crippen LogP contribution in [-0.4, -0.2) is 38.0 Å². The zero-order chi connectivity index (χ0) is 24.3. The number of fused-ring (bicyclic) bond motifs is 1. The van der Waals surface area contributed by atoms with E-state index in [4.69, 9.17) is 4.74 Å². The van der Waals surface area contributed by atoms with Crippen molar-refractivity contribution in [2.75, 3.05) is 14.2 Å². The number of carbonyl (C=O) groups excluding carboxylic acids is 1. The second kappa shape index (κ2) is 9.62. The van der Waals surface area contributed by atoms with Crippen LogP contribution in [0.25, 0.3) is 11.0 Å². The molecule has 1 unspecified atom stereocenters. The van der Waals surface area contributed by atoms with Crippen LogP contribution < -0.4 is 14.8 Å². The van der Waals surface area contributed by atoms with E-state index < -0.39 is 22.0 Å². The minimum Gasteiger partial charge on any atom is -0.495 e. The number of amides is 1. The lowest BCUT2D eigenvalue weighted by molar-refractivity contribution is 0.0932. The molecule has 4 rings (SSSR count). The first-order chi connectivity index (χ1) is 16.3. The molecule has 4 aromatic rings. The Hall–Kier alpha value is -3.76. The normalized spacial score (nSPS) is 12.4. The molecule has 0 bridgehead atoms. The number of nitrogens with zero attached hydrogens (tertiary/aromatic N) is 2. The first kappa shape index (κ1) is 23.4. The first-order valence-corrected chi connectivity index (χ1v) is 11.9. The van der Waals surface area contributed by atoms with Crippen molar-refractivity contribution in [3.8, 4) is 5.75 Å². The summed E-state index contributed by atoms with van der Waals surface area (Å²) in [4.78, 5) is 17.4. The molecule has 1 amide bonds. The van der Waals surface area contributed by atoms with Gasteiger partial charge < -0.3 is 14.6 Å². The fourth-order valence-corrected chi connectivity index (χ4v) is 4.58. The van der Waals surface area contributed by atoms with E-state index in [1.165, 1.54) is 44.5 Å². The minimum absolute atomic E-state index is 0.117. The number of rotatable bonds is 8. The molecule has 0 aliphatic rings. The Morgan fingerprint density at radius 2 is 1.85 bits per heavy atom. The topological polar surface area (TPSA) is 102 Å². The summed E-state index contributed by atoms with van der Waals surface area (Å²) in [5.74, 6) is -0.765. The summed E-state index contributed by atoms with van der Waals surface area (Å²) >= 11 is 0. The number of aromatic nitrogens is 2. The maximum Gasteiger partial charge on any atom is 0.251 e. The van der Waals surface area contributed by atoms with E-state index in [2.05, 4.69) is 15.0 Å². The fourth-order valence-electron chi connectivity index (χ4n) is 3.66. The summed E-state index contributed by atoms with van der Waals surface area (Å²) < 4.78 is 47.6. The van der Waals surface area contributed by atoms with Crippen LogP contribution in [0.3, 0.4) is 0 Å². The highest BCUT2D eigenvalue weighted by atomic mass is 32.2. The molecule has 2 N–H and O–H groups in total. The molecule has 0 radical (unpaired) electrons. The lowest BCUT2D eigenvalue weighted by atomic mass is 10.1. The third-order valence-electron chi connectivity index (χ3n) is 5.47. The van der Waals surface area contributed by atoms with Gasteiger partial charge in [0.2, 0.25) is 10.0 Å². The van der Waals surface area contributed by atoms with Crippen LogP contribution in [0.2, 0.25) is 0 Å². The molecule has 1 atom stereocenters. The van der Waals surface area contributed by atoms with E-state index >= 15 is 0 Å². The molecule has 0 saturated carbocycles. The number of methoxy groups -OCH3 is 1. The predicted molar refractivity (Wildman–Crippen MR) is 126 cm³/mol. The number of hydrogen-bond donors (Lipinski definition) is 2. The number of hydrogen-bond acceptors (Lipinski definition) is 5. The third-order valence-corrected chi connectivity index (χ3v) is 6.90. The van der Waals surface area contributed by atoms with Gasteiger partial charge in [0, 0.05) is 12.1 Å². The smallest absolute Gasteiger partial charge is 0.251 e. The van der Waals surface area contributed by atoms with E-state index in [1.807, 2.05) is 28.8 Å². The molecule has 3 aromatic carbocycles. The van der Waals surface area contributed by atoms with Crippen LogP contribution in [0.15, 0.2) is 78.0 Å². The van der Waals surface area contributed by atoms with Crippen molar-refractivity contribution in [1.29, 1.82) is 0 Å². The SMILES string of the molecule is CNS(=O)(=O)c1cc(C(=O)NC(Cn2cnc3ccccc32)c2ccc(F)cc2)ccc1OC. The maximum atomic E-state index is 13.5. The van der Waals surface area contributed by atoms with E-state index in [0.717, 1.165) is 11.0 Å². The molecular formula is C24H23FN4O4S. The Morgan fingerprint density at radius 3 is 2.56 bits per heavy atom. The second-order valence-corrected chi connectivity index (χ2v) is 9.39. The Balaban J connectivity index is 1.68. The molecule has 0 spiro atoms. The zero-order valence-corrected chi connectivity index (χ0v) is 19.3. The van der Waals surface area contributed by atoms with E-state index in [9.17, 15) is 17.6 Å². The largest absolute Gasteiger partial charge is 0.495 e. The summed E-state index contributed by atoms with van der Waals surface area (Å²) in [5, 5.41) is 2.94. The summed E-state index contributed by atoms with van der Waals surface area (Å²) in [5.41, 5.74) is 2.51. The monoisotopic (exact) mass is 482 g/mol. The van der Waals surface area contributed by atoms with Gasteiger partial charge in [-0.25, -0.2) is 22.5 Å². The van der Waals surface area contributed by atoms with Crippen LogP contribution in [-0.2, 0) is 16.6 Å². The van der Waals surface area contributed by atoms with Gasteiger partial charge in [-0.1, -0.05) is 24.3 Å². The van der Waals surface area contributed by atoms with Crippen LogP contribution in [0.1, 0.15) is 22.0 Å². The van der Waals surface area contributed by atoms with E-state index in [0.29, 0.717) is 12.1 Å². The van der Waals surface area contributed by atoms with Crippen LogP contribution >= 0.6 is 0 Å². The van der Waals surface area contributed by atoms with Crippen LogP contribution in [0, 0.1) is 5.82 Å². The molecule has 1 aromatic heterocycles. The maximum absolute atomic E-state index is 13.5. The highest BCUT2D eigenvalue weighted by molar-refractivity contribution is 7.89. The average Bonchev–Trinajstić information content (AvgIpc) is 3.26. The standard InChI is InChI=1S/C24H23FN4O4S/c1-26-34(31,32)23-13-17(9-12-22(23)33-2)24(30)28-20(16-7-10-18(25)11-8-16)14-29-15-27-19-5-3-4-6-21(19)29/h3-13,15,20,26H,14H2,1-2H3,(H,28,30). The molecule has 1 heterocycles. The number of imidazole rings is 1. The van der Waals surface area contributed by atoms with Crippen molar-refractivity contribution in [3.63, 3.8) is 0 Å². The van der Waals surface area contributed by atoms with Gasteiger partial charge in [-0.05, 0) is 55.1 Å². The summed E-state index contributed by atoms with van der Waals surface area (Å²) in [6.07, 6.45) is 1.68. The number of para-hydroxylation sites is 2. The van der Waals surface area contributed by atoms with Gasteiger partial charge in [0.15, 0.2) is 0 Å². The molecule has 0 saturated heterocycles. The second-order valence-electron chi connectivity index (χ2n) is 7.54. The zero-order valence-electron chi connectivity index (χ0n) is 18.5. The number of benzene rings is 3. The van der Waals surface area contributed by atoms with Crippen molar-refractivity contribution < 1.29 is 22.3 Å². The number of ether oxygens (including phenoxy) is 1. The van der Waals surface area contributed by atoms with Crippen molar-refractivity contribution in [2.45, 2.75) is 17.5 Å². The lowest BCUT2D eigenvalue weighted by Gasteiger charge is -2.21. The Labute approximate surface area is 196 Å². The van der Waals surface area contributed by atoms with Crippen molar-refractivity contribution in [3.05, 3.63) is 90.0 Å². The number of halogens is 1. The first-order valence-electron chi connectivity index (χ1n) is 10.4. The number of nitrogens with one attached hydrogen (secondary N) is 2. The molecule has 176 valence electrons. The fraction of sp³-hybridized carbons (Fsp3) is 0.167. The van der Waals surface area contributed by atoms with E-state index in [-0.39, 0.29) is 22.0 Å². The Bertz CT molecular complexity index is 1440. The predicted octanol–water partition coefficient (Wildman–Crippen LogP) is 3.26. The van der Waals surface area contributed by atoms with Gasteiger partial charge in [0.1, 0.15) is 16.5 Å². The molecule has 34 heavy (non-hydrogen) atoms. The van der Waals surface area contributed by atoms with Gasteiger partial charge in [-0.3, -0.25) is 4.79 Å². The Morgan fingerprint density at radius 1 is 1.12 bits per heavy atom. The molecule has 0 aliphatic heterocycles. The van der Waals surface area contributed by atoms with Gasteiger partial charge in [0.05, 0.1) is 30.5 Å². The number of sulfonamides is 1. The van der Waals surface area contributed by atoms with Gasteiger partial charge in [0.25, 0.3) is 5.91 Å². The molecule has 10 heteroatoms. The lowest BCUT2D eigenvalue weighted by Crippen LogP contribution is -2.31. The molecule has 0 fully saturated rings. The molecule has 8 nitrogen and oxygen atoms in total.